The first kappa shape index (κ1) is 22.0. The van der Waals surface area contributed by atoms with E-state index < -0.39 is 0 Å². The third-order valence-electron chi connectivity index (χ3n) is 6.28. The van der Waals surface area contributed by atoms with Crippen molar-refractivity contribution in [2.75, 3.05) is 6.61 Å². The SMILES string of the molecule is CCOc1nc2cccc(C(=O)NC3CC3)c2n1Cc1ccc(-c2ccccc2-c2nn[nH]n2)cc1. The van der Waals surface area contributed by atoms with Gasteiger partial charge >= 0.3 is 0 Å². The van der Waals surface area contributed by atoms with E-state index in [0.717, 1.165) is 46.1 Å². The number of nitrogens with one attached hydrogen (secondary N) is 2. The molecule has 0 spiro atoms. The molecule has 2 heterocycles. The van der Waals surface area contributed by atoms with Crippen LogP contribution in [-0.2, 0) is 6.54 Å². The largest absolute Gasteiger partial charge is 0.465 e. The highest BCUT2D eigenvalue weighted by atomic mass is 16.5. The normalized spacial score (nSPS) is 13.1. The van der Waals surface area contributed by atoms with Crippen LogP contribution in [-0.4, -0.2) is 48.7 Å². The third-order valence-corrected chi connectivity index (χ3v) is 6.28. The molecule has 1 saturated carbocycles. The van der Waals surface area contributed by atoms with Crippen molar-refractivity contribution in [2.24, 2.45) is 0 Å². The van der Waals surface area contributed by atoms with Crippen molar-refractivity contribution in [3.63, 3.8) is 0 Å². The van der Waals surface area contributed by atoms with E-state index >= 15 is 0 Å². The Bertz CT molecular complexity index is 1520. The first-order valence-corrected chi connectivity index (χ1v) is 12.1. The van der Waals surface area contributed by atoms with Crippen LogP contribution in [0.15, 0.2) is 66.7 Å². The molecule has 0 saturated heterocycles. The van der Waals surface area contributed by atoms with Gasteiger partial charge < -0.3 is 10.1 Å². The van der Waals surface area contributed by atoms with Gasteiger partial charge in [-0.15, -0.1) is 10.2 Å². The highest BCUT2D eigenvalue weighted by Gasteiger charge is 2.26. The number of hydrogen-bond donors (Lipinski definition) is 2. The number of ether oxygens (including phenoxy) is 1. The number of H-pyrrole nitrogens is 1. The average molecular weight is 480 g/mol. The lowest BCUT2D eigenvalue weighted by molar-refractivity contribution is 0.0952. The molecule has 0 aliphatic heterocycles. The lowest BCUT2D eigenvalue weighted by atomic mass is 9.98. The Balaban J connectivity index is 1.35. The van der Waals surface area contributed by atoms with Gasteiger partial charge in [-0.25, -0.2) is 0 Å². The fraction of sp³-hybridized carbons (Fsp3) is 0.222. The van der Waals surface area contributed by atoms with Crippen LogP contribution in [0, 0.1) is 0 Å². The molecule has 2 aromatic heterocycles. The zero-order valence-corrected chi connectivity index (χ0v) is 19.8. The van der Waals surface area contributed by atoms with Gasteiger partial charge in [0.1, 0.15) is 0 Å². The van der Waals surface area contributed by atoms with Crippen LogP contribution in [0.25, 0.3) is 33.5 Å². The molecule has 1 fully saturated rings. The Kier molecular flexibility index (Phi) is 5.65. The number of carbonyl (C=O) groups excluding carboxylic acids is 1. The highest BCUT2D eigenvalue weighted by Crippen LogP contribution is 2.31. The summed E-state index contributed by atoms with van der Waals surface area (Å²) in [5, 5.41) is 17.6. The van der Waals surface area contributed by atoms with Crippen molar-refractivity contribution in [3.8, 4) is 28.5 Å². The van der Waals surface area contributed by atoms with Gasteiger partial charge in [-0.1, -0.05) is 54.6 Å². The van der Waals surface area contributed by atoms with Crippen LogP contribution in [0.3, 0.4) is 0 Å². The lowest BCUT2D eigenvalue weighted by Crippen LogP contribution is -2.26. The third kappa shape index (κ3) is 4.19. The molecule has 9 nitrogen and oxygen atoms in total. The number of rotatable bonds is 8. The van der Waals surface area contributed by atoms with Crippen molar-refractivity contribution in [1.82, 2.24) is 35.5 Å². The van der Waals surface area contributed by atoms with Crippen LogP contribution < -0.4 is 10.1 Å². The molecule has 1 aliphatic carbocycles. The van der Waals surface area contributed by atoms with Crippen LogP contribution in [0.4, 0.5) is 0 Å². The molecule has 0 radical (unpaired) electrons. The number of hydrogen-bond acceptors (Lipinski definition) is 6. The van der Waals surface area contributed by atoms with Crippen molar-refractivity contribution >= 4 is 16.9 Å². The topological polar surface area (TPSA) is 111 Å². The molecule has 1 amide bonds. The lowest BCUT2D eigenvalue weighted by Gasteiger charge is -2.13. The molecule has 2 N–H and O–H groups in total. The number of aromatic amines is 1. The Hall–Kier alpha value is -4.53. The minimum absolute atomic E-state index is 0.0688. The van der Waals surface area contributed by atoms with E-state index in [1.807, 2.05) is 54.0 Å². The number of nitrogens with zero attached hydrogens (tertiary/aromatic N) is 5. The van der Waals surface area contributed by atoms with Crippen LogP contribution in [0.5, 0.6) is 6.01 Å². The Labute approximate surface area is 207 Å². The predicted octanol–water partition coefficient (Wildman–Crippen LogP) is 4.22. The van der Waals surface area contributed by atoms with Gasteiger partial charge in [0.25, 0.3) is 11.9 Å². The highest BCUT2D eigenvalue weighted by molar-refractivity contribution is 6.05. The second kappa shape index (κ2) is 9.26. The van der Waals surface area contributed by atoms with E-state index in [1.165, 1.54) is 0 Å². The van der Waals surface area contributed by atoms with Gasteiger partial charge in [0.2, 0.25) is 5.82 Å². The maximum Gasteiger partial charge on any atom is 0.297 e. The summed E-state index contributed by atoms with van der Waals surface area (Å²) in [5.41, 5.74) is 6.18. The van der Waals surface area contributed by atoms with Gasteiger partial charge in [-0.2, -0.15) is 10.2 Å². The molecule has 0 unspecified atom stereocenters. The van der Waals surface area contributed by atoms with Gasteiger partial charge in [-0.3, -0.25) is 9.36 Å². The molecule has 3 aromatic carbocycles. The van der Waals surface area contributed by atoms with Crippen LogP contribution in [0.2, 0.25) is 0 Å². The summed E-state index contributed by atoms with van der Waals surface area (Å²) >= 11 is 0. The van der Waals surface area contributed by atoms with E-state index in [0.29, 0.717) is 30.5 Å². The fourth-order valence-corrected chi connectivity index (χ4v) is 4.40. The quantitative estimate of drug-likeness (QED) is 0.345. The Morgan fingerprint density at radius 2 is 1.86 bits per heavy atom. The molecule has 6 rings (SSSR count). The second-order valence-electron chi connectivity index (χ2n) is 8.81. The monoisotopic (exact) mass is 479 g/mol. The Morgan fingerprint density at radius 3 is 2.58 bits per heavy atom. The van der Waals surface area contributed by atoms with Crippen molar-refractivity contribution in [1.29, 1.82) is 0 Å². The fourth-order valence-electron chi connectivity index (χ4n) is 4.40. The number of tetrazole rings is 1. The van der Waals surface area contributed by atoms with Crippen molar-refractivity contribution < 1.29 is 9.53 Å². The van der Waals surface area contributed by atoms with Crippen molar-refractivity contribution in [2.45, 2.75) is 32.4 Å². The van der Waals surface area contributed by atoms with E-state index in [9.17, 15) is 4.79 Å². The van der Waals surface area contributed by atoms with E-state index in [2.05, 4.69) is 55.2 Å². The first-order valence-electron chi connectivity index (χ1n) is 12.1. The first-order chi connectivity index (χ1) is 17.7. The van der Waals surface area contributed by atoms with Gasteiger partial charge in [-0.05, 0) is 53.8 Å². The minimum Gasteiger partial charge on any atom is -0.465 e. The molecular formula is C27H25N7O2. The standard InChI is InChI=1S/C27H25N7O2/c1-2-36-27-29-23-9-5-8-22(26(35)28-19-14-15-19)24(23)34(27)16-17-10-12-18(13-11-17)20-6-3-4-7-21(20)25-30-32-33-31-25/h3-13,19H,2,14-16H2,1H3,(H,28,35)(H,30,31,32,33). The Morgan fingerprint density at radius 1 is 1.06 bits per heavy atom. The van der Waals surface area contributed by atoms with E-state index in [4.69, 9.17) is 4.74 Å². The van der Waals surface area contributed by atoms with Crippen LogP contribution >= 0.6 is 0 Å². The number of para-hydroxylation sites is 1. The smallest absolute Gasteiger partial charge is 0.297 e. The molecule has 0 atom stereocenters. The van der Waals surface area contributed by atoms with Gasteiger partial charge in [0.15, 0.2) is 0 Å². The molecule has 36 heavy (non-hydrogen) atoms. The van der Waals surface area contributed by atoms with Crippen molar-refractivity contribution in [3.05, 3.63) is 77.9 Å². The molecular weight excluding hydrogens is 454 g/mol. The molecule has 5 aromatic rings. The van der Waals surface area contributed by atoms with E-state index in [1.54, 1.807) is 0 Å². The number of imidazole rings is 1. The molecule has 180 valence electrons. The number of amides is 1. The second-order valence-corrected chi connectivity index (χ2v) is 8.81. The molecule has 0 bridgehead atoms. The van der Waals surface area contributed by atoms with Gasteiger partial charge in [0, 0.05) is 11.6 Å². The summed E-state index contributed by atoms with van der Waals surface area (Å²) in [4.78, 5) is 17.7. The summed E-state index contributed by atoms with van der Waals surface area (Å²) in [6, 6.07) is 22.7. The number of carbonyl (C=O) groups is 1. The van der Waals surface area contributed by atoms with Crippen LogP contribution in [0.1, 0.15) is 35.7 Å². The minimum atomic E-state index is -0.0688. The summed E-state index contributed by atoms with van der Waals surface area (Å²) in [7, 11) is 0. The van der Waals surface area contributed by atoms with E-state index in [-0.39, 0.29) is 11.9 Å². The maximum atomic E-state index is 13.0. The summed E-state index contributed by atoms with van der Waals surface area (Å²) in [6.07, 6.45) is 2.07. The number of fused-ring (bicyclic) bond motifs is 1. The average Bonchev–Trinajstić information content (AvgIpc) is 3.42. The maximum absolute atomic E-state index is 13.0. The van der Waals surface area contributed by atoms with Gasteiger partial charge in [0.05, 0.1) is 29.7 Å². The summed E-state index contributed by atoms with van der Waals surface area (Å²) in [6.45, 7) is 2.94. The summed E-state index contributed by atoms with van der Waals surface area (Å²) < 4.78 is 7.86. The number of benzene rings is 3. The zero-order valence-electron chi connectivity index (χ0n) is 19.8. The molecule has 9 heteroatoms. The predicted molar refractivity (Wildman–Crippen MR) is 136 cm³/mol. The number of aromatic nitrogens is 6. The zero-order chi connectivity index (χ0) is 24.5. The molecule has 1 aliphatic rings. The summed E-state index contributed by atoms with van der Waals surface area (Å²) in [5.74, 6) is 0.485.